The molecule has 92 valence electrons. The molecular weight excluding hydrogens is 231 g/mol. The first kappa shape index (κ1) is 11.8. The molecule has 1 fully saturated rings. The van der Waals surface area contributed by atoms with E-state index in [0.717, 1.165) is 13.0 Å². The van der Waals surface area contributed by atoms with Crippen LogP contribution in [0.15, 0.2) is 12.2 Å². The Morgan fingerprint density at radius 2 is 1.81 bits per heavy atom. The summed E-state index contributed by atoms with van der Waals surface area (Å²) < 4.78 is 70.5. The molecule has 6 heteroatoms. The molecule has 0 aliphatic heterocycles. The molecule has 1 saturated carbocycles. The van der Waals surface area contributed by atoms with Gasteiger partial charge in [-0.2, -0.15) is 17.6 Å². The van der Waals surface area contributed by atoms with Crippen LogP contribution in [-0.4, -0.2) is 17.9 Å². The lowest BCUT2D eigenvalue weighted by atomic mass is 9.97. The zero-order chi connectivity index (χ0) is 12.2. The fourth-order valence-electron chi connectivity index (χ4n) is 2.18. The maximum atomic E-state index is 14.0. The lowest BCUT2D eigenvalue weighted by molar-refractivity contribution is -0.387. The molecule has 3 atom stereocenters. The smallest absolute Gasteiger partial charge is 0.276 e. The first-order valence-corrected chi connectivity index (χ1v) is 5.06. The summed E-state index contributed by atoms with van der Waals surface area (Å²) in [4.78, 5) is 0. The van der Waals surface area contributed by atoms with E-state index in [4.69, 9.17) is 0 Å². The second-order valence-electron chi connectivity index (χ2n) is 4.19. The monoisotopic (exact) mass is 242 g/mol. The highest BCUT2D eigenvalue weighted by atomic mass is 19.3. The second-order valence-corrected chi connectivity index (χ2v) is 4.19. The van der Waals surface area contributed by atoms with Crippen LogP contribution in [-0.2, 0) is 4.74 Å². The van der Waals surface area contributed by atoms with E-state index in [2.05, 4.69) is 4.74 Å². The summed E-state index contributed by atoms with van der Waals surface area (Å²) >= 11 is 0. The molecule has 2 rings (SSSR count). The topological polar surface area (TPSA) is 9.23 Å². The molecule has 0 amide bonds. The maximum absolute atomic E-state index is 14.0. The average Bonchev–Trinajstić information content (AvgIpc) is 2.70. The predicted molar refractivity (Wildman–Crippen MR) is 45.8 cm³/mol. The van der Waals surface area contributed by atoms with Gasteiger partial charge in [-0.3, -0.25) is 4.74 Å². The van der Waals surface area contributed by atoms with Crippen LogP contribution in [0.2, 0.25) is 0 Å². The molecule has 2 aliphatic rings. The molecule has 0 radical (unpaired) electrons. The average molecular weight is 242 g/mol. The Kier molecular flexibility index (Phi) is 2.35. The van der Waals surface area contributed by atoms with E-state index in [1.54, 1.807) is 0 Å². The van der Waals surface area contributed by atoms with Crippen molar-refractivity contribution in [1.82, 2.24) is 0 Å². The molecule has 0 aromatic carbocycles. The predicted octanol–water partition coefficient (Wildman–Crippen LogP) is 3.51. The number of rotatable bonds is 3. The van der Waals surface area contributed by atoms with Crippen LogP contribution in [0.25, 0.3) is 0 Å². The van der Waals surface area contributed by atoms with Gasteiger partial charge in [-0.15, -0.1) is 0 Å². The number of alkyl halides is 5. The number of ether oxygens (including phenoxy) is 1. The van der Waals surface area contributed by atoms with Crippen LogP contribution in [0.1, 0.15) is 19.8 Å². The number of hydrogen-bond donors (Lipinski definition) is 0. The van der Waals surface area contributed by atoms with Gasteiger partial charge in [0.25, 0.3) is 5.85 Å². The van der Waals surface area contributed by atoms with Gasteiger partial charge >= 0.3 is 12.0 Å². The Labute approximate surface area is 89.3 Å². The van der Waals surface area contributed by atoms with Crippen molar-refractivity contribution in [3.8, 4) is 0 Å². The van der Waals surface area contributed by atoms with Gasteiger partial charge in [0.1, 0.15) is 0 Å². The van der Waals surface area contributed by atoms with E-state index in [9.17, 15) is 22.0 Å². The minimum atomic E-state index is -3.88. The van der Waals surface area contributed by atoms with E-state index < -0.39 is 36.1 Å². The molecule has 3 unspecified atom stereocenters. The number of hydrogen-bond acceptors (Lipinski definition) is 1. The highest BCUT2D eigenvalue weighted by Crippen LogP contribution is 2.60. The van der Waals surface area contributed by atoms with Gasteiger partial charge in [0.15, 0.2) is 0 Å². The summed E-state index contributed by atoms with van der Waals surface area (Å²) in [7, 11) is 0. The van der Waals surface area contributed by atoms with Gasteiger partial charge < -0.3 is 0 Å². The molecule has 0 heterocycles. The summed E-state index contributed by atoms with van der Waals surface area (Å²) in [6, 6.07) is 0. The van der Waals surface area contributed by atoms with E-state index in [1.165, 1.54) is 6.08 Å². The molecule has 0 N–H and O–H groups in total. The van der Waals surface area contributed by atoms with Crippen LogP contribution in [0.4, 0.5) is 22.0 Å². The third-order valence-corrected chi connectivity index (χ3v) is 3.19. The maximum Gasteiger partial charge on any atom is 0.358 e. The highest BCUT2D eigenvalue weighted by Gasteiger charge is 2.73. The van der Waals surface area contributed by atoms with Crippen molar-refractivity contribution < 1.29 is 26.7 Å². The van der Waals surface area contributed by atoms with Crippen molar-refractivity contribution in [1.29, 1.82) is 0 Å². The van der Waals surface area contributed by atoms with Gasteiger partial charge in [0.05, 0.1) is 0 Å². The Bertz CT molecular complexity index is 327. The molecule has 0 aromatic rings. The lowest BCUT2D eigenvalue weighted by Crippen LogP contribution is -2.52. The molecule has 0 aromatic heterocycles. The fourth-order valence-corrected chi connectivity index (χ4v) is 2.18. The van der Waals surface area contributed by atoms with Crippen LogP contribution in [0, 0.1) is 11.8 Å². The first-order chi connectivity index (χ1) is 7.23. The molecule has 2 bridgehead atoms. The minimum Gasteiger partial charge on any atom is -0.276 e. The lowest BCUT2D eigenvalue weighted by Gasteiger charge is -2.36. The van der Waals surface area contributed by atoms with Gasteiger partial charge in [-0.1, -0.05) is 19.1 Å². The standard InChI is InChI=1S/C10H11F5O/c1-2-8(11,12)16-10(15)7-4-3-6(5-7)9(10,13)14/h3-4,6-7H,2,5H2,1H3. The van der Waals surface area contributed by atoms with Crippen LogP contribution in [0.5, 0.6) is 0 Å². The molecule has 0 saturated heterocycles. The number of fused-ring (bicyclic) bond motifs is 2. The third-order valence-electron chi connectivity index (χ3n) is 3.19. The Morgan fingerprint density at radius 3 is 2.25 bits per heavy atom. The molecule has 0 spiro atoms. The van der Waals surface area contributed by atoms with Crippen molar-refractivity contribution in [2.24, 2.45) is 11.8 Å². The van der Waals surface area contributed by atoms with E-state index in [0.29, 0.717) is 0 Å². The van der Waals surface area contributed by atoms with Crippen molar-refractivity contribution in [2.45, 2.75) is 37.7 Å². The van der Waals surface area contributed by atoms with Gasteiger partial charge in [0.2, 0.25) is 0 Å². The van der Waals surface area contributed by atoms with Crippen molar-refractivity contribution >= 4 is 0 Å². The van der Waals surface area contributed by atoms with Crippen LogP contribution < -0.4 is 0 Å². The molecular formula is C10H11F5O. The highest BCUT2D eigenvalue weighted by molar-refractivity contribution is 5.22. The summed E-state index contributed by atoms with van der Waals surface area (Å²) in [5.74, 6) is -10.1. The number of allylic oxidation sites excluding steroid dienone is 1. The zero-order valence-electron chi connectivity index (χ0n) is 8.52. The van der Waals surface area contributed by atoms with E-state index >= 15 is 0 Å². The van der Waals surface area contributed by atoms with Crippen LogP contribution in [0.3, 0.4) is 0 Å². The van der Waals surface area contributed by atoms with Gasteiger partial charge in [-0.05, 0) is 6.42 Å². The summed E-state index contributed by atoms with van der Waals surface area (Å²) in [6.45, 7) is 1.05. The Balaban J connectivity index is 2.28. The largest absolute Gasteiger partial charge is 0.358 e. The molecule has 16 heavy (non-hydrogen) atoms. The van der Waals surface area contributed by atoms with E-state index in [1.807, 2.05) is 0 Å². The van der Waals surface area contributed by atoms with Crippen LogP contribution >= 0.6 is 0 Å². The normalized spacial score (nSPS) is 40.6. The molecule has 2 aliphatic carbocycles. The van der Waals surface area contributed by atoms with E-state index in [-0.39, 0.29) is 6.42 Å². The third kappa shape index (κ3) is 1.38. The summed E-state index contributed by atoms with van der Waals surface area (Å²) in [5.41, 5.74) is 0. The SMILES string of the molecule is CCC(F)(F)OC1(F)C2C=CC(C2)C1(F)F. The minimum absolute atomic E-state index is 0.177. The number of halogens is 5. The Hall–Kier alpha value is -0.650. The van der Waals surface area contributed by atoms with Crippen molar-refractivity contribution in [3.63, 3.8) is 0 Å². The fraction of sp³-hybridized carbons (Fsp3) is 0.800. The first-order valence-electron chi connectivity index (χ1n) is 5.06. The molecule has 1 nitrogen and oxygen atoms in total. The van der Waals surface area contributed by atoms with Gasteiger partial charge in [-0.25, -0.2) is 4.39 Å². The Morgan fingerprint density at radius 1 is 1.25 bits per heavy atom. The summed E-state index contributed by atoms with van der Waals surface area (Å²) in [5, 5.41) is 0. The summed E-state index contributed by atoms with van der Waals surface area (Å²) in [6.07, 6.45) is -2.53. The zero-order valence-corrected chi connectivity index (χ0v) is 8.52. The van der Waals surface area contributed by atoms with Gasteiger partial charge in [0, 0.05) is 18.3 Å². The van der Waals surface area contributed by atoms with Crippen molar-refractivity contribution in [3.05, 3.63) is 12.2 Å². The van der Waals surface area contributed by atoms with Crippen molar-refractivity contribution in [2.75, 3.05) is 0 Å². The second kappa shape index (κ2) is 3.18. The quantitative estimate of drug-likeness (QED) is 0.543.